The number of hydrogen-bond acceptors (Lipinski definition) is 4. The quantitative estimate of drug-likeness (QED) is 0.832. The maximum absolute atomic E-state index is 12.0. The first-order valence-electron chi connectivity index (χ1n) is 7.26. The fraction of sp³-hybridized carbons (Fsp3) is 0.500. The monoisotopic (exact) mass is 287 g/mol. The van der Waals surface area contributed by atoms with Gasteiger partial charge in [-0.3, -0.25) is 4.79 Å². The van der Waals surface area contributed by atoms with Crippen molar-refractivity contribution < 1.29 is 9.53 Å². The van der Waals surface area contributed by atoms with Crippen LogP contribution in [0, 0.1) is 18.3 Å². The SMILES string of the molecule is Cc1cc(N)ccc1OCC(=O)NC1(C#N)CCCCC1. The number of carbonyl (C=O) groups is 1. The smallest absolute Gasteiger partial charge is 0.259 e. The normalized spacial score (nSPS) is 16.8. The molecule has 0 radical (unpaired) electrons. The number of nitrogens with two attached hydrogens (primary N) is 1. The first kappa shape index (κ1) is 15.2. The zero-order valence-electron chi connectivity index (χ0n) is 12.3. The van der Waals surface area contributed by atoms with Gasteiger partial charge < -0.3 is 15.8 Å². The number of carbonyl (C=O) groups excluding carboxylic acids is 1. The molecular formula is C16H21N3O2. The summed E-state index contributed by atoms with van der Waals surface area (Å²) in [6, 6.07) is 7.54. The van der Waals surface area contributed by atoms with E-state index in [-0.39, 0.29) is 12.5 Å². The predicted molar refractivity (Wildman–Crippen MR) is 80.7 cm³/mol. The molecule has 21 heavy (non-hydrogen) atoms. The van der Waals surface area contributed by atoms with Gasteiger partial charge in [0, 0.05) is 5.69 Å². The third-order valence-corrected chi connectivity index (χ3v) is 3.86. The molecule has 5 heteroatoms. The van der Waals surface area contributed by atoms with Crippen molar-refractivity contribution in [2.75, 3.05) is 12.3 Å². The summed E-state index contributed by atoms with van der Waals surface area (Å²) in [5.74, 6) is 0.378. The summed E-state index contributed by atoms with van der Waals surface area (Å²) < 4.78 is 5.51. The van der Waals surface area contributed by atoms with E-state index in [0.717, 1.165) is 37.7 Å². The van der Waals surface area contributed by atoms with Gasteiger partial charge in [-0.2, -0.15) is 5.26 Å². The van der Waals surface area contributed by atoms with E-state index in [2.05, 4.69) is 11.4 Å². The van der Waals surface area contributed by atoms with Gasteiger partial charge in [0.15, 0.2) is 6.61 Å². The highest BCUT2D eigenvalue weighted by Gasteiger charge is 2.33. The Bertz CT molecular complexity index is 557. The number of aryl methyl sites for hydroxylation is 1. The van der Waals surface area contributed by atoms with Crippen LogP contribution in [0.3, 0.4) is 0 Å². The van der Waals surface area contributed by atoms with Crippen molar-refractivity contribution in [3.05, 3.63) is 23.8 Å². The molecule has 1 saturated carbocycles. The Balaban J connectivity index is 1.91. The number of benzene rings is 1. The van der Waals surface area contributed by atoms with Gasteiger partial charge in [-0.25, -0.2) is 0 Å². The van der Waals surface area contributed by atoms with Gasteiger partial charge in [0.05, 0.1) is 6.07 Å². The number of nitrogens with one attached hydrogen (secondary N) is 1. The van der Waals surface area contributed by atoms with Crippen molar-refractivity contribution in [2.45, 2.75) is 44.6 Å². The van der Waals surface area contributed by atoms with Crippen molar-refractivity contribution in [2.24, 2.45) is 0 Å². The third-order valence-electron chi connectivity index (χ3n) is 3.86. The Morgan fingerprint density at radius 3 is 2.76 bits per heavy atom. The molecule has 1 aromatic rings. The number of nitriles is 1. The van der Waals surface area contributed by atoms with E-state index in [0.29, 0.717) is 11.4 Å². The molecule has 112 valence electrons. The first-order valence-corrected chi connectivity index (χ1v) is 7.26. The van der Waals surface area contributed by atoms with Gasteiger partial charge in [-0.1, -0.05) is 19.3 Å². The van der Waals surface area contributed by atoms with Crippen LogP contribution >= 0.6 is 0 Å². The largest absolute Gasteiger partial charge is 0.484 e. The van der Waals surface area contributed by atoms with Crippen LogP contribution in [0.2, 0.25) is 0 Å². The molecular weight excluding hydrogens is 266 g/mol. The lowest BCUT2D eigenvalue weighted by molar-refractivity contribution is -0.124. The minimum atomic E-state index is -0.713. The summed E-state index contributed by atoms with van der Waals surface area (Å²) in [7, 11) is 0. The molecule has 0 spiro atoms. The summed E-state index contributed by atoms with van der Waals surface area (Å²) >= 11 is 0. The van der Waals surface area contributed by atoms with Crippen molar-refractivity contribution in [1.82, 2.24) is 5.32 Å². The molecule has 1 aliphatic carbocycles. The van der Waals surface area contributed by atoms with E-state index in [1.54, 1.807) is 18.2 Å². The average molecular weight is 287 g/mol. The van der Waals surface area contributed by atoms with Crippen LogP contribution in [-0.2, 0) is 4.79 Å². The molecule has 0 bridgehead atoms. The molecule has 0 aliphatic heterocycles. The Hall–Kier alpha value is -2.22. The topological polar surface area (TPSA) is 88.1 Å². The second kappa shape index (κ2) is 6.49. The summed E-state index contributed by atoms with van der Waals surface area (Å²) in [5, 5.41) is 12.2. The second-order valence-electron chi connectivity index (χ2n) is 5.62. The number of nitrogen functional groups attached to an aromatic ring is 1. The third kappa shape index (κ3) is 3.88. The zero-order valence-corrected chi connectivity index (χ0v) is 12.3. The van der Waals surface area contributed by atoms with Gasteiger partial charge in [0.2, 0.25) is 0 Å². The standard InChI is InChI=1S/C16H21N3O2/c1-12-9-13(18)5-6-14(12)21-10-15(20)19-16(11-17)7-3-2-4-8-16/h5-6,9H,2-4,7-8,10,18H2,1H3,(H,19,20). The summed E-state index contributed by atoms with van der Waals surface area (Å²) in [5.41, 5.74) is 6.50. The molecule has 5 nitrogen and oxygen atoms in total. The lowest BCUT2D eigenvalue weighted by atomic mass is 9.83. The van der Waals surface area contributed by atoms with E-state index in [9.17, 15) is 10.1 Å². The van der Waals surface area contributed by atoms with Gasteiger partial charge in [0.1, 0.15) is 11.3 Å². The molecule has 3 N–H and O–H groups in total. The minimum absolute atomic E-state index is 0.0891. The number of hydrogen-bond donors (Lipinski definition) is 2. The van der Waals surface area contributed by atoms with Crippen LogP contribution in [0.25, 0.3) is 0 Å². The molecule has 0 atom stereocenters. The molecule has 0 heterocycles. The lowest BCUT2D eigenvalue weighted by Crippen LogP contribution is -2.50. The molecule has 1 aliphatic rings. The highest BCUT2D eigenvalue weighted by molar-refractivity contribution is 5.79. The van der Waals surface area contributed by atoms with E-state index >= 15 is 0 Å². The molecule has 1 aromatic carbocycles. The first-order chi connectivity index (χ1) is 10.0. The van der Waals surface area contributed by atoms with Gasteiger partial charge in [0.25, 0.3) is 5.91 Å². The maximum Gasteiger partial charge on any atom is 0.259 e. The van der Waals surface area contributed by atoms with Crippen LogP contribution in [-0.4, -0.2) is 18.1 Å². The average Bonchev–Trinajstić information content (AvgIpc) is 2.47. The second-order valence-corrected chi connectivity index (χ2v) is 5.62. The van der Waals surface area contributed by atoms with E-state index in [1.807, 2.05) is 6.92 Å². The highest BCUT2D eigenvalue weighted by atomic mass is 16.5. The minimum Gasteiger partial charge on any atom is -0.484 e. The summed E-state index contributed by atoms with van der Waals surface area (Å²) in [6.45, 7) is 1.79. The molecule has 1 fully saturated rings. The van der Waals surface area contributed by atoms with Gasteiger partial charge >= 0.3 is 0 Å². The van der Waals surface area contributed by atoms with Gasteiger partial charge in [-0.15, -0.1) is 0 Å². The Kier molecular flexibility index (Phi) is 4.69. The van der Waals surface area contributed by atoms with Crippen LogP contribution < -0.4 is 15.8 Å². The molecule has 2 rings (SSSR count). The fourth-order valence-electron chi connectivity index (χ4n) is 2.70. The highest BCUT2D eigenvalue weighted by Crippen LogP contribution is 2.27. The lowest BCUT2D eigenvalue weighted by Gasteiger charge is -2.31. The summed E-state index contributed by atoms with van der Waals surface area (Å²) in [4.78, 5) is 12.0. The number of amides is 1. The van der Waals surface area contributed by atoms with Crippen LogP contribution in [0.5, 0.6) is 5.75 Å². The Morgan fingerprint density at radius 1 is 1.43 bits per heavy atom. The Morgan fingerprint density at radius 2 is 2.14 bits per heavy atom. The van der Waals surface area contributed by atoms with E-state index < -0.39 is 5.54 Å². The maximum atomic E-state index is 12.0. The van der Waals surface area contributed by atoms with Crippen molar-refractivity contribution >= 4 is 11.6 Å². The molecule has 0 unspecified atom stereocenters. The predicted octanol–water partition coefficient (Wildman–Crippen LogP) is 2.30. The zero-order chi connectivity index (χ0) is 15.3. The Labute approximate surface area is 125 Å². The fourth-order valence-corrected chi connectivity index (χ4v) is 2.70. The molecule has 0 saturated heterocycles. The van der Waals surface area contributed by atoms with Crippen LogP contribution in [0.1, 0.15) is 37.7 Å². The van der Waals surface area contributed by atoms with Crippen molar-refractivity contribution in [3.8, 4) is 11.8 Å². The van der Waals surface area contributed by atoms with Crippen molar-refractivity contribution in [3.63, 3.8) is 0 Å². The van der Waals surface area contributed by atoms with Crippen LogP contribution in [0.15, 0.2) is 18.2 Å². The van der Waals surface area contributed by atoms with Crippen molar-refractivity contribution in [1.29, 1.82) is 5.26 Å². The molecule has 0 aromatic heterocycles. The van der Waals surface area contributed by atoms with Crippen LogP contribution in [0.4, 0.5) is 5.69 Å². The summed E-state index contributed by atoms with van der Waals surface area (Å²) in [6.07, 6.45) is 4.52. The van der Waals surface area contributed by atoms with E-state index in [1.165, 1.54) is 0 Å². The number of anilines is 1. The molecule has 1 amide bonds. The van der Waals surface area contributed by atoms with E-state index in [4.69, 9.17) is 10.5 Å². The number of nitrogens with zero attached hydrogens (tertiary/aromatic N) is 1. The number of rotatable bonds is 4. The number of ether oxygens (including phenoxy) is 1. The van der Waals surface area contributed by atoms with Gasteiger partial charge in [-0.05, 0) is 43.5 Å².